The van der Waals surface area contributed by atoms with Crippen molar-refractivity contribution in [3.63, 3.8) is 0 Å². The van der Waals surface area contributed by atoms with Crippen LogP contribution in [0.1, 0.15) is 17.7 Å². The van der Waals surface area contributed by atoms with Crippen molar-refractivity contribution in [3.05, 3.63) is 16.3 Å². The summed E-state index contributed by atoms with van der Waals surface area (Å²) in [6.45, 7) is 1.03. The molecular weight excluding hydrogens is 244 g/mol. The molecule has 0 atom stereocenters. The maximum atomic E-state index is 12.1. The molecule has 0 spiro atoms. The molecule has 1 fully saturated rings. The third-order valence-corrected chi connectivity index (χ3v) is 5.66. The Hall–Kier alpha value is -0.430. The van der Waals surface area contributed by atoms with Crippen LogP contribution in [0.3, 0.4) is 0 Å². The van der Waals surface area contributed by atoms with Crippen molar-refractivity contribution in [3.8, 4) is 0 Å². The fourth-order valence-electron chi connectivity index (χ4n) is 1.54. The second-order valence-corrected chi connectivity index (χ2v) is 7.22. The SMILES string of the molecule is CN(CC1CC1)S(=O)(=O)c1csc(CN)c1. The van der Waals surface area contributed by atoms with Crippen LogP contribution < -0.4 is 5.73 Å². The first-order chi connectivity index (χ1) is 7.54. The Morgan fingerprint density at radius 1 is 1.56 bits per heavy atom. The average Bonchev–Trinajstić information content (AvgIpc) is 2.93. The predicted molar refractivity (Wildman–Crippen MR) is 64.8 cm³/mol. The van der Waals surface area contributed by atoms with Gasteiger partial charge in [0.1, 0.15) is 0 Å². The van der Waals surface area contributed by atoms with Crippen LogP contribution in [0.15, 0.2) is 16.3 Å². The van der Waals surface area contributed by atoms with Crippen LogP contribution in [-0.2, 0) is 16.6 Å². The largest absolute Gasteiger partial charge is 0.326 e. The molecule has 2 N–H and O–H groups in total. The van der Waals surface area contributed by atoms with Crippen molar-refractivity contribution in [2.75, 3.05) is 13.6 Å². The van der Waals surface area contributed by atoms with E-state index in [4.69, 9.17) is 5.73 Å². The Balaban J connectivity index is 2.16. The smallest absolute Gasteiger partial charge is 0.243 e. The van der Waals surface area contributed by atoms with Gasteiger partial charge in [-0.1, -0.05) is 0 Å². The van der Waals surface area contributed by atoms with E-state index in [1.54, 1.807) is 18.5 Å². The lowest BCUT2D eigenvalue weighted by molar-refractivity contribution is 0.453. The Morgan fingerprint density at radius 3 is 2.75 bits per heavy atom. The molecule has 1 aromatic rings. The van der Waals surface area contributed by atoms with E-state index in [-0.39, 0.29) is 0 Å². The fourth-order valence-corrected chi connectivity index (χ4v) is 3.94. The van der Waals surface area contributed by atoms with E-state index in [9.17, 15) is 8.42 Å². The zero-order valence-electron chi connectivity index (χ0n) is 9.22. The van der Waals surface area contributed by atoms with Crippen molar-refractivity contribution in [1.82, 2.24) is 4.31 Å². The van der Waals surface area contributed by atoms with Gasteiger partial charge in [0.15, 0.2) is 0 Å². The number of hydrogen-bond acceptors (Lipinski definition) is 4. The molecule has 0 saturated heterocycles. The van der Waals surface area contributed by atoms with E-state index >= 15 is 0 Å². The van der Waals surface area contributed by atoms with Crippen LogP contribution in [0.25, 0.3) is 0 Å². The molecule has 16 heavy (non-hydrogen) atoms. The minimum Gasteiger partial charge on any atom is -0.326 e. The standard InChI is InChI=1S/C10H16N2O2S2/c1-12(6-8-2-3-8)16(13,14)10-4-9(5-11)15-7-10/h4,7-8H,2-3,5-6,11H2,1H3. The molecule has 0 aliphatic heterocycles. The number of nitrogens with two attached hydrogens (primary N) is 1. The van der Waals surface area contributed by atoms with Crippen LogP contribution in [0, 0.1) is 5.92 Å². The molecule has 90 valence electrons. The van der Waals surface area contributed by atoms with Crippen molar-refractivity contribution in [1.29, 1.82) is 0 Å². The Morgan fingerprint density at radius 2 is 2.25 bits per heavy atom. The summed E-state index contributed by atoms with van der Waals surface area (Å²) in [7, 11) is -1.65. The molecule has 0 radical (unpaired) electrons. The summed E-state index contributed by atoms with van der Waals surface area (Å²) in [5.41, 5.74) is 5.48. The minimum atomic E-state index is -3.30. The first-order valence-electron chi connectivity index (χ1n) is 5.28. The van der Waals surface area contributed by atoms with Crippen molar-refractivity contribution < 1.29 is 8.42 Å². The Kier molecular flexibility index (Phi) is 3.34. The summed E-state index contributed by atoms with van der Waals surface area (Å²) in [5.74, 6) is 0.562. The number of nitrogens with zero attached hydrogens (tertiary/aromatic N) is 1. The maximum Gasteiger partial charge on any atom is 0.243 e. The van der Waals surface area contributed by atoms with E-state index in [0.717, 1.165) is 17.7 Å². The molecule has 4 nitrogen and oxygen atoms in total. The highest BCUT2D eigenvalue weighted by Crippen LogP contribution is 2.31. The zero-order chi connectivity index (χ0) is 11.8. The third kappa shape index (κ3) is 2.45. The summed E-state index contributed by atoms with van der Waals surface area (Å²) >= 11 is 1.40. The molecule has 2 rings (SSSR count). The lowest BCUT2D eigenvalue weighted by Crippen LogP contribution is -2.28. The van der Waals surface area contributed by atoms with Crippen LogP contribution in [0.5, 0.6) is 0 Å². The number of thiophene rings is 1. The molecule has 0 bridgehead atoms. The Labute approximate surface area is 100 Å². The fraction of sp³-hybridized carbons (Fsp3) is 0.600. The van der Waals surface area contributed by atoms with Gasteiger partial charge in [-0.2, -0.15) is 0 Å². The van der Waals surface area contributed by atoms with Crippen molar-refractivity contribution in [2.24, 2.45) is 11.7 Å². The first-order valence-corrected chi connectivity index (χ1v) is 7.60. The van der Waals surface area contributed by atoms with Gasteiger partial charge < -0.3 is 5.73 Å². The highest BCUT2D eigenvalue weighted by molar-refractivity contribution is 7.89. The highest BCUT2D eigenvalue weighted by Gasteiger charge is 2.29. The van der Waals surface area contributed by atoms with Gasteiger partial charge in [0.05, 0.1) is 4.90 Å². The number of hydrogen-bond donors (Lipinski definition) is 1. The van der Waals surface area contributed by atoms with Gasteiger partial charge in [-0.05, 0) is 24.8 Å². The van der Waals surface area contributed by atoms with E-state index in [1.165, 1.54) is 15.6 Å². The zero-order valence-corrected chi connectivity index (χ0v) is 10.9. The van der Waals surface area contributed by atoms with Gasteiger partial charge in [0.2, 0.25) is 10.0 Å². The summed E-state index contributed by atoms with van der Waals surface area (Å²) in [6.07, 6.45) is 2.30. The molecule has 6 heteroatoms. The predicted octanol–water partition coefficient (Wildman–Crippen LogP) is 1.24. The van der Waals surface area contributed by atoms with Gasteiger partial charge >= 0.3 is 0 Å². The average molecular weight is 260 g/mol. The summed E-state index contributed by atoms with van der Waals surface area (Å²) in [5, 5.41) is 1.67. The quantitative estimate of drug-likeness (QED) is 0.866. The van der Waals surface area contributed by atoms with Gasteiger partial charge in [-0.3, -0.25) is 0 Å². The van der Waals surface area contributed by atoms with E-state index in [0.29, 0.717) is 23.9 Å². The first kappa shape index (κ1) is 12.0. The summed E-state index contributed by atoms with van der Waals surface area (Å²) in [4.78, 5) is 1.28. The highest BCUT2D eigenvalue weighted by atomic mass is 32.2. The molecule has 1 aliphatic carbocycles. The van der Waals surface area contributed by atoms with Crippen molar-refractivity contribution in [2.45, 2.75) is 24.3 Å². The lowest BCUT2D eigenvalue weighted by atomic mass is 10.4. The normalized spacial score (nSPS) is 16.9. The molecule has 1 aliphatic rings. The molecule has 1 saturated carbocycles. The second kappa shape index (κ2) is 4.44. The number of sulfonamides is 1. The molecule has 0 aromatic carbocycles. The van der Waals surface area contributed by atoms with Gasteiger partial charge in [-0.25, -0.2) is 12.7 Å². The Bertz CT molecular complexity index is 463. The third-order valence-electron chi connectivity index (χ3n) is 2.75. The van der Waals surface area contributed by atoms with E-state index < -0.39 is 10.0 Å². The van der Waals surface area contributed by atoms with Crippen LogP contribution in [0.2, 0.25) is 0 Å². The van der Waals surface area contributed by atoms with E-state index in [1.807, 2.05) is 0 Å². The molecule has 1 aromatic heterocycles. The van der Waals surface area contributed by atoms with Gasteiger partial charge in [0, 0.05) is 30.4 Å². The van der Waals surface area contributed by atoms with Crippen LogP contribution in [-0.4, -0.2) is 26.3 Å². The topological polar surface area (TPSA) is 63.4 Å². The van der Waals surface area contributed by atoms with Crippen LogP contribution in [0.4, 0.5) is 0 Å². The molecule has 1 heterocycles. The second-order valence-electron chi connectivity index (χ2n) is 4.18. The van der Waals surface area contributed by atoms with Gasteiger partial charge in [0.25, 0.3) is 0 Å². The van der Waals surface area contributed by atoms with Crippen molar-refractivity contribution >= 4 is 21.4 Å². The van der Waals surface area contributed by atoms with E-state index in [2.05, 4.69) is 0 Å². The lowest BCUT2D eigenvalue weighted by Gasteiger charge is -2.15. The monoisotopic (exact) mass is 260 g/mol. The minimum absolute atomic E-state index is 0.376. The molecule has 0 unspecified atom stereocenters. The maximum absolute atomic E-state index is 12.1. The summed E-state index contributed by atoms with van der Waals surface area (Å²) < 4.78 is 25.7. The molecular formula is C10H16N2O2S2. The number of rotatable bonds is 5. The van der Waals surface area contributed by atoms with Gasteiger partial charge in [-0.15, -0.1) is 11.3 Å². The summed E-state index contributed by atoms with van der Waals surface area (Å²) in [6, 6.07) is 1.67. The van der Waals surface area contributed by atoms with Crippen LogP contribution >= 0.6 is 11.3 Å². The molecule has 0 amide bonds.